The normalized spacial score (nSPS) is 18.2. The summed E-state index contributed by atoms with van der Waals surface area (Å²) in [7, 11) is -4.65. The summed E-state index contributed by atoms with van der Waals surface area (Å²) in [5.74, 6) is -0.598. The van der Waals surface area contributed by atoms with Gasteiger partial charge in [-0.25, -0.2) is 4.57 Å². The summed E-state index contributed by atoms with van der Waals surface area (Å²) < 4.78 is 15.5. The maximum Gasteiger partial charge on any atom is 0.524 e. The predicted molar refractivity (Wildman–Crippen MR) is 108 cm³/mol. The van der Waals surface area contributed by atoms with E-state index in [4.69, 9.17) is 9.79 Å². The Labute approximate surface area is 169 Å². The van der Waals surface area contributed by atoms with Crippen molar-refractivity contribution in [2.24, 2.45) is 0 Å². The van der Waals surface area contributed by atoms with Crippen LogP contribution in [0.25, 0.3) is 0 Å². The molecule has 2 N–H and O–H groups in total. The van der Waals surface area contributed by atoms with Crippen molar-refractivity contribution in [3.63, 3.8) is 0 Å². The Morgan fingerprint density at radius 1 is 1.07 bits per heavy atom. The monoisotopic (exact) mass is 417 g/mol. The van der Waals surface area contributed by atoms with E-state index in [1.807, 2.05) is 30.3 Å². The lowest BCUT2D eigenvalue weighted by Gasteiger charge is -2.40. The van der Waals surface area contributed by atoms with Gasteiger partial charge in [0.1, 0.15) is 11.5 Å². The molecule has 2 atom stereocenters. The summed E-state index contributed by atoms with van der Waals surface area (Å²) in [6.07, 6.45) is 2.55. The van der Waals surface area contributed by atoms with Crippen molar-refractivity contribution in [1.29, 1.82) is 0 Å². The molecule has 1 heterocycles. The Balaban J connectivity index is 1.86. The SMILES string of the molecule is CC(=O)C(c1ccccc1)C1CCCCN1C(=O)c1ccc(OP(=O)(O)O)cc1. The van der Waals surface area contributed by atoms with Gasteiger partial charge in [-0.3, -0.25) is 19.4 Å². The second-order valence-corrected chi connectivity index (χ2v) is 8.33. The number of benzene rings is 2. The average molecular weight is 417 g/mol. The lowest BCUT2D eigenvalue weighted by molar-refractivity contribution is -0.120. The van der Waals surface area contributed by atoms with Crippen molar-refractivity contribution in [1.82, 2.24) is 4.90 Å². The Morgan fingerprint density at radius 3 is 2.31 bits per heavy atom. The van der Waals surface area contributed by atoms with Gasteiger partial charge >= 0.3 is 7.82 Å². The number of hydrogen-bond acceptors (Lipinski definition) is 4. The predicted octanol–water partition coefficient (Wildman–Crippen LogP) is 3.53. The summed E-state index contributed by atoms with van der Waals surface area (Å²) in [4.78, 5) is 45.2. The summed E-state index contributed by atoms with van der Waals surface area (Å²) >= 11 is 0. The zero-order valence-corrected chi connectivity index (χ0v) is 17.0. The highest BCUT2D eigenvalue weighted by Gasteiger charge is 2.36. The first-order valence-electron chi connectivity index (χ1n) is 9.48. The number of phosphoric acid groups is 1. The zero-order chi connectivity index (χ0) is 21.0. The highest BCUT2D eigenvalue weighted by molar-refractivity contribution is 7.46. The van der Waals surface area contributed by atoms with E-state index in [9.17, 15) is 14.2 Å². The molecule has 1 saturated heterocycles. The second-order valence-electron chi connectivity index (χ2n) is 7.17. The van der Waals surface area contributed by atoms with Crippen molar-refractivity contribution >= 4 is 19.5 Å². The maximum atomic E-state index is 13.2. The molecule has 2 unspecified atom stereocenters. The van der Waals surface area contributed by atoms with E-state index in [1.54, 1.807) is 11.8 Å². The Morgan fingerprint density at radius 2 is 1.72 bits per heavy atom. The number of nitrogens with zero attached hydrogens (tertiary/aromatic N) is 1. The molecule has 1 amide bonds. The molecule has 1 aliphatic rings. The molecule has 154 valence electrons. The first-order valence-corrected chi connectivity index (χ1v) is 11.0. The van der Waals surface area contributed by atoms with Gasteiger partial charge in [0.25, 0.3) is 5.91 Å². The molecule has 8 heteroatoms. The number of likely N-dealkylation sites (tertiary alicyclic amines) is 1. The van der Waals surface area contributed by atoms with E-state index in [0.717, 1.165) is 24.8 Å². The van der Waals surface area contributed by atoms with Gasteiger partial charge in [-0.15, -0.1) is 0 Å². The topological polar surface area (TPSA) is 104 Å². The lowest BCUT2D eigenvalue weighted by Crippen LogP contribution is -2.48. The van der Waals surface area contributed by atoms with Gasteiger partial charge in [0, 0.05) is 18.2 Å². The van der Waals surface area contributed by atoms with Gasteiger partial charge in [-0.05, 0) is 56.0 Å². The number of amides is 1. The highest BCUT2D eigenvalue weighted by Crippen LogP contribution is 2.38. The Bertz CT molecular complexity index is 909. The summed E-state index contributed by atoms with van der Waals surface area (Å²) in [6.45, 7) is 2.12. The second kappa shape index (κ2) is 8.91. The van der Waals surface area contributed by atoms with Crippen LogP contribution in [-0.2, 0) is 9.36 Å². The first-order chi connectivity index (χ1) is 13.8. The molecule has 0 bridgehead atoms. The van der Waals surface area contributed by atoms with Crippen molar-refractivity contribution < 1.29 is 28.5 Å². The van der Waals surface area contributed by atoms with Gasteiger partial charge in [0.2, 0.25) is 0 Å². The van der Waals surface area contributed by atoms with Crippen LogP contribution in [-0.4, -0.2) is 39.0 Å². The number of carbonyl (C=O) groups is 2. The number of ketones is 1. The molecule has 3 rings (SSSR count). The number of phosphoric ester groups is 1. The molecule has 1 fully saturated rings. The average Bonchev–Trinajstić information content (AvgIpc) is 2.68. The molecular formula is C21H24NO6P. The smallest absolute Gasteiger partial charge is 0.404 e. The van der Waals surface area contributed by atoms with Crippen molar-refractivity contribution in [2.75, 3.05) is 6.54 Å². The van der Waals surface area contributed by atoms with E-state index in [1.165, 1.54) is 24.3 Å². The molecule has 0 spiro atoms. The third-order valence-corrected chi connectivity index (χ3v) is 5.57. The fourth-order valence-electron chi connectivity index (χ4n) is 3.91. The molecule has 0 radical (unpaired) electrons. The number of piperidine rings is 1. The number of hydrogen-bond donors (Lipinski definition) is 2. The minimum Gasteiger partial charge on any atom is -0.404 e. The third-order valence-electron chi connectivity index (χ3n) is 5.12. The molecule has 0 aromatic heterocycles. The summed E-state index contributed by atoms with van der Waals surface area (Å²) in [5.41, 5.74) is 1.28. The highest BCUT2D eigenvalue weighted by atomic mass is 31.2. The first kappa shape index (κ1) is 21.2. The molecule has 2 aromatic carbocycles. The molecular weight excluding hydrogens is 393 g/mol. The molecule has 0 saturated carbocycles. The van der Waals surface area contributed by atoms with E-state index in [2.05, 4.69) is 4.52 Å². The quantitative estimate of drug-likeness (QED) is 0.697. The lowest BCUT2D eigenvalue weighted by atomic mass is 9.82. The van der Waals surface area contributed by atoms with E-state index >= 15 is 0 Å². The maximum absolute atomic E-state index is 13.2. The van der Waals surface area contributed by atoms with E-state index in [0.29, 0.717) is 12.1 Å². The van der Waals surface area contributed by atoms with Gasteiger partial charge in [0.15, 0.2) is 0 Å². The van der Waals surface area contributed by atoms with Crippen LogP contribution in [0.2, 0.25) is 0 Å². The molecule has 7 nitrogen and oxygen atoms in total. The zero-order valence-electron chi connectivity index (χ0n) is 16.1. The Hall–Kier alpha value is -2.47. The van der Waals surface area contributed by atoms with Crippen molar-refractivity contribution in [3.8, 4) is 5.75 Å². The van der Waals surface area contributed by atoms with Crippen LogP contribution in [0.15, 0.2) is 54.6 Å². The van der Waals surface area contributed by atoms with Crippen LogP contribution >= 0.6 is 7.82 Å². The summed E-state index contributed by atoms with van der Waals surface area (Å²) in [5, 5.41) is 0. The molecule has 1 aliphatic heterocycles. The van der Waals surface area contributed by atoms with Gasteiger partial charge < -0.3 is 9.42 Å². The standard InChI is InChI=1S/C21H24NO6P/c1-15(23)20(16-7-3-2-4-8-16)19-9-5-6-14-22(19)21(24)17-10-12-18(13-11-17)28-29(25,26)27/h2-4,7-8,10-13,19-20H,5-6,9,14H2,1H3,(H2,25,26,27). The van der Waals surface area contributed by atoms with E-state index in [-0.39, 0.29) is 23.5 Å². The number of Topliss-reactive ketones (excluding diaryl/α,β-unsaturated/α-hetero) is 1. The van der Waals surface area contributed by atoms with E-state index < -0.39 is 13.7 Å². The fraction of sp³-hybridized carbons (Fsp3) is 0.333. The molecule has 0 aliphatic carbocycles. The minimum atomic E-state index is -4.65. The van der Waals surface area contributed by atoms with Gasteiger partial charge in [0.05, 0.1) is 5.92 Å². The minimum absolute atomic E-state index is 0.0176. The number of rotatable bonds is 6. The van der Waals surface area contributed by atoms with Crippen LogP contribution in [0.4, 0.5) is 0 Å². The number of carbonyl (C=O) groups excluding carboxylic acids is 2. The van der Waals surface area contributed by atoms with Crippen LogP contribution < -0.4 is 4.52 Å². The van der Waals surface area contributed by atoms with Crippen LogP contribution in [0.3, 0.4) is 0 Å². The van der Waals surface area contributed by atoms with Gasteiger partial charge in [-0.1, -0.05) is 30.3 Å². The van der Waals surface area contributed by atoms with Crippen molar-refractivity contribution in [3.05, 3.63) is 65.7 Å². The fourth-order valence-corrected chi connectivity index (χ4v) is 4.30. The molecule has 2 aromatic rings. The Kier molecular flexibility index (Phi) is 6.52. The molecule has 29 heavy (non-hydrogen) atoms. The van der Waals surface area contributed by atoms with Crippen LogP contribution in [0.1, 0.15) is 48.0 Å². The van der Waals surface area contributed by atoms with Crippen molar-refractivity contribution in [2.45, 2.75) is 38.1 Å². The van der Waals surface area contributed by atoms with Crippen LogP contribution in [0, 0.1) is 0 Å². The van der Waals surface area contributed by atoms with Gasteiger partial charge in [-0.2, -0.15) is 0 Å². The largest absolute Gasteiger partial charge is 0.524 e. The van der Waals surface area contributed by atoms with Crippen LogP contribution in [0.5, 0.6) is 5.75 Å². The summed E-state index contributed by atoms with van der Waals surface area (Å²) in [6, 6.07) is 14.9. The third kappa shape index (κ3) is 5.32.